The fourth-order valence-corrected chi connectivity index (χ4v) is 2.80. The van der Waals surface area contributed by atoms with Crippen molar-refractivity contribution in [3.05, 3.63) is 12.2 Å². The number of carbonyl (C=O) groups is 1. The molecule has 0 saturated carbocycles. The number of allylic oxidation sites excluding steroid dienone is 2. The van der Waals surface area contributed by atoms with E-state index in [9.17, 15) is 4.79 Å². The van der Waals surface area contributed by atoms with Crippen LogP contribution < -0.4 is 0 Å². The van der Waals surface area contributed by atoms with E-state index in [1.165, 1.54) is 83.5 Å². The van der Waals surface area contributed by atoms with Crippen molar-refractivity contribution in [1.82, 2.24) is 0 Å². The van der Waals surface area contributed by atoms with Crippen LogP contribution in [0.4, 0.5) is 0 Å². The molecule has 0 aromatic rings. The van der Waals surface area contributed by atoms with Crippen LogP contribution in [-0.2, 0) is 14.3 Å². The number of rotatable bonds is 21. The third-order valence-electron chi connectivity index (χ3n) is 4.36. The summed E-state index contributed by atoms with van der Waals surface area (Å²) in [5, 5.41) is 0. The molecule has 0 rings (SSSR count). The Hall–Kier alpha value is -0.670. The number of hydrogen-bond acceptors (Lipinski definition) is 3. The number of ether oxygens (including phenoxy) is 2. The molecule has 3 nitrogen and oxygen atoms in total. The minimum Gasteiger partial charge on any atom is -0.379 e. The van der Waals surface area contributed by atoms with Crippen molar-refractivity contribution in [1.29, 1.82) is 0 Å². The fraction of sp³-hybridized carbons (Fsp3) is 0.864. The first-order chi connectivity index (χ1) is 12.4. The van der Waals surface area contributed by atoms with E-state index in [2.05, 4.69) is 19.1 Å². The highest BCUT2D eigenvalue weighted by Gasteiger charge is 1.93. The number of hydrogen-bond donors (Lipinski definition) is 0. The quantitative estimate of drug-likeness (QED) is 0.139. The largest absolute Gasteiger partial charge is 0.379 e. The first-order valence-corrected chi connectivity index (χ1v) is 10.7. The Morgan fingerprint density at radius 2 is 1.12 bits per heavy atom. The normalized spacial score (nSPS) is 11.4. The zero-order valence-electron chi connectivity index (χ0n) is 16.7. The minimum atomic E-state index is 0.178. The topological polar surface area (TPSA) is 35.5 Å². The second-order valence-electron chi connectivity index (χ2n) is 6.79. The van der Waals surface area contributed by atoms with Gasteiger partial charge in [0.1, 0.15) is 12.9 Å². The third kappa shape index (κ3) is 23.3. The van der Waals surface area contributed by atoms with Gasteiger partial charge in [0.15, 0.2) is 0 Å². The average Bonchev–Trinajstić information content (AvgIpc) is 2.63. The van der Waals surface area contributed by atoms with Crippen LogP contribution in [-0.4, -0.2) is 32.7 Å². The molecule has 0 aliphatic heterocycles. The Balaban J connectivity index is 3.04. The third-order valence-corrected chi connectivity index (χ3v) is 4.36. The Bertz CT molecular complexity index is 276. The highest BCUT2D eigenvalue weighted by Crippen LogP contribution is 2.09. The molecule has 0 N–H and O–H groups in total. The molecule has 25 heavy (non-hydrogen) atoms. The summed E-state index contributed by atoms with van der Waals surface area (Å²) in [7, 11) is 0. The van der Waals surface area contributed by atoms with E-state index in [1.807, 2.05) is 0 Å². The Morgan fingerprint density at radius 1 is 0.600 bits per heavy atom. The van der Waals surface area contributed by atoms with E-state index in [0.29, 0.717) is 13.2 Å². The van der Waals surface area contributed by atoms with Crippen LogP contribution in [0.15, 0.2) is 12.2 Å². The van der Waals surface area contributed by atoms with Crippen molar-refractivity contribution in [2.45, 2.75) is 96.8 Å². The monoisotopic (exact) mass is 354 g/mol. The SMILES string of the molecule is CCCCCCCC/C=C/CCCCCCCCOCCOCC=O. The molecule has 0 aromatic heterocycles. The lowest BCUT2D eigenvalue weighted by molar-refractivity contribution is -0.112. The molecule has 0 aliphatic rings. The van der Waals surface area contributed by atoms with Crippen LogP contribution >= 0.6 is 0 Å². The standard InChI is InChI=1S/C22H42O3/c1-2-3-4-5-6-7-8-9-10-11-12-13-14-15-16-17-19-24-21-22-25-20-18-23/h9-10,18H,2-8,11-17,19-22H2,1H3/b10-9+. The zero-order valence-corrected chi connectivity index (χ0v) is 16.7. The van der Waals surface area contributed by atoms with Crippen LogP contribution in [0.1, 0.15) is 96.8 Å². The van der Waals surface area contributed by atoms with Gasteiger partial charge in [-0.05, 0) is 32.1 Å². The van der Waals surface area contributed by atoms with E-state index in [0.717, 1.165) is 19.3 Å². The molecular weight excluding hydrogens is 312 g/mol. The van der Waals surface area contributed by atoms with Gasteiger partial charge in [-0.1, -0.05) is 76.9 Å². The van der Waals surface area contributed by atoms with Crippen molar-refractivity contribution in [2.75, 3.05) is 26.4 Å². The van der Waals surface area contributed by atoms with E-state index < -0.39 is 0 Å². The molecular formula is C22H42O3. The maximum absolute atomic E-state index is 10.0. The van der Waals surface area contributed by atoms with Crippen molar-refractivity contribution in [3.8, 4) is 0 Å². The van der Waals surface area contributed by atoms with Crippen LogP contribution in [0.25, 0.3) is 0 Å². The molecule has 148 valence electrons. The highest BCUT2D eigenvalue weighted by molar-refractivity contribution is 5.50. The Morgan fingerprint density at radius 3 is 1.72 bits per heavy atom. The van der Waals surface area contributed by atoms with Gasteiger partial charge < -0.3 is 14.3 Å². The second kappa shape index (κ2) is 23.3. The van der Waals surface area contributed by atoms with Crippen molar-refractivity contribution in [2.24, 2.45) is 0 Å². The lowest BCUT2D eigenvalue weighted by atomic mass is 10.1. The minimum absolute atomic E-state index is 0.178. The number of carbonyl (C=O) groups excluding carboxylic acids is 1. The number of unbranched alkanes of at least 4 members (excludes halogenated alkanes) is 12. The molecule has 0 atom stereocenters. The summed E-state index contributed by atoms with van der Waals surface area (Å²) in [6, 6.07) is 0. The van der Waals surface area contributed by atoms with Gasteiger partial charge in [-0.25, -0.2) is 0 Å². The van der Waals surface area contributed by atoms with Gasteiger partial charge in [0.2, 0.25) is 0 Å². The fourth-order valence-electron chi connectivity index (χ4n) is 2.80. The van der Waals surface area contributed by atoms with Gasteiger partial charge in [0.25, 0.3) is 0 Å². The summed E-state index contributed by atoms with van der Waals surface area (Å²) in [6.45, 7) is 4.38. The smallest absolute Gasteiger partial charge is 0.145 e. The first-order valence-electron chi connectivity index (χ1n) is 10.7. The van der Waals surface area contributed by atoms with Crippen LogP contribution in [0.5, 0.6) is 0 Å². The van der Waals surface area contributed by atoms with E-state index in [-0.39, 0.29) is 6.61 Å². The molecule has 0 radical (unpaired) electrons. The summed E-state index contributed by atoms with van der Waals surface area (Å²) in [5.74, 6) is 0. The summed E-state index contributed by atoms with van der Waals surface area (Å²) in [6.07, 6.45) is 24.1. The van der Waals surface area contributed by atoms with E-state index >= 15 is 0 Å². The van der Waals surface area contributed by atoms with Gasteiger partial charge in [0, 0.05) is 6.61 Å². The first kappa shape index (κ1) is 24.3. The molecule has 0 heterocycles. The van der Waals surface area contributed by atoms with Crippen LogP contribution in [0.2, 0.25) is 0 Å². The predicted molar refractivity (Wildman–Crippen MR) is 107 cm³/mol. The summed E-state index contributed by atoms with van der Waals surface area (Å²) in [4.78, 5) is 10.0. The van der Waals surface area contributed by atoms with Crippen molar-refractivity contribution < 1.29 is 14.3 Å². The Kier molecular flexibility index (Phi) is 22.7. The van der Waals surface area contributed by atoms with E-state index in [4.69, 9.17) is 9.47 Å². The van der Waals surface area contributed by atoms with Crippen LogP contribution in [0.3, 0.4) is 0 Å². The lowest BCUT2D eigenvalue weighted by Gasteiger charge is -2.04. The maximum atomic E-state index is 10.0. The lowest BCUT2D eigenvalue weighted by Crippen LogP contribution is -2.06. The summed E-state index contributed by atoms with van der Waals surface area (Å²) < 4.78 is 10.5. The molecule has 0 aliphatic carbocycles. The van der Waals surface area contributed by atoms with E-state index in [1.54, 1.807) is 0 Å². The maximum Gasteiger partial charge on any atom is 0.145 e. The van der Waals surface area contributed by atoms with Gasteiger partial charge >= 0.3 is 0 Å². The molecule has 3 heteroatoms. The van der Waals surface area contributed by atoms with Crippen LogP contribution in [0, 0.1) is 0 Å². The van der Waals surface area contributed by atoms with Crippen molar-refractivity contribution in [3.63, 3.8) is 0 Å². The zero-order chi connectivity index (χ0) is 18.3. The van der Waals surface area contributed by atoms with Crippen molar-refractivity contribution >= 4 is 6.29 Å². The molecule has 0 unspecified atom stereocenters. The molecule has 0 fully saturated rings. The van der Waals surface area contributed by atoms with Gasteiger partial charge in [-0.3, -0.25) is 0 Å². The molecule has 0 bridgehead atoms. The number of aldehydes is 1. The highest BCUT2D eigenvalue weighted by atomic mass is 16.5. The predicted octanol–water partition coefficient (Wildman–Crippen LogP) is 6.26. The molecule has 0 amide bonds. The second-order valence-corrected chi connectivity index (χ2v) is 6.79. The van der Waals surface area contributed by atoms with Gasteiger partial charge in [0.05, 0.1) is 13.2 Å². The average molecular weight is 355 g/mol. The summed E-state index contributed by atoms with van der Waals surface area (Å²) >= 11 is 0. The summed E-state index contributed by atoms with van der Waals surface area (Å²) in [5.41, 5.74) is 0. The molecule has 0 saturated heterocycles. The molecule has 0 aromatic carbocycles. The van der Waals surface area contributed by atoms with Gasteiger partial charge in [-0.15, -0.1) is 0 Å². The van der Waals surface area contributed by atoms with Gasteiger partial charge in [-0.2, -0.15) is 0 Å². The Labute approximate surface area is 156 Å². The molecule has 0 spiro atoms.